The van der Waals surface area contributed by atoms with E-state index in [1.54, 1.807) is 23.2 Å². The Morgan fingerprint density at radius 2 is 1.86 bits per heavy atom. The van der Waals surface area contributed by atoms with Gasteiger partial charge in [-0.05, 0) is 65.9 Å². The quantitative estimate of drug-likeness (QED) is 0.297. The van der Waals surface area contributed by atoms with Gasteiger partial charge in [0, 0.05) is 50.8 Å². The minimum atomic E-state index is -0.419. The van der Waals surface area contributed by atoms with Crippen LogP contribution in [0.2, 0.25) is 5.02 Å². The molecule has 4 aromatic rings. The highest BCUT2D eigenvalue weighted by atomic mass is 35.5. The fourth-order valence-corrected chi connectivity index (χ4v) is 5.84. The van der Waals surface area contributed by atoms with Gasteiger partial charge in [0.25, 0.3) is 0 Å². The second kappa shape index (κ2) is 11.6. The molecule has 1 saturated heterocycles. The van der Waals surface area contributed by atoms with E-state index < -0.39 is 6.03 Å². The van der Waals surface area contributed by atoms with E-state index >= 15 is 0 Å². The molecule has 3 amide bonds. The van der Waals surface area contributed by atoms with Gasteiger partial charge in [0.1, 0.15) is 29.8 Å². The SMILES string of the molecule is Cc1cc2c(cc1-c1ncc(N3CCC(=O)NC3=O)n1C)CCN(Cc1ccc(OCc3c(F)cccc3Cl)cc1)C2. The normalized spacial score (nSPS) is 15.5. The molecule has 0 radical (unpaired) electrons. The maximum Gasteiger partial charge on any atom is 0.329 e. The number of carbonyl (C=O) groups is 2. The van der Waals surface area contributed by atoms with Gasteiger partial charge in [-0.3, -0.25) is 19.9 Å². The summed E-state index contributed by atoms with van der Waals surface area (Å²) in [6.45, 7) is 5.07. The van der Waals surface area contributed by atoms with E-state index in [-0.39, 0.29) is 24.8 Å². The number of urea groups is 1. The minimum absolute atomic E-state index is 0.0727. The lowest BCUT2D eigenvalue weighted by Crippen LogP contribution is -2.50. The Labute approximate surface area is 248 Å². The molecule has 42 heavy (non-hydrogen) atoms. The molecule has 8 nitrogen and oxygen atoms in total. The fraction of sp³-hybridized carbons (Fsp3) is 0.281. The molecule has 0 spiro atoms. The molecule has 6 rings (SSSR count). The molecule has 0 bridgehead atoms. The first-order valence-corrected chi connectivity index (χ1v) is 14.3. The number of aromatic nitrogens is 2. The van der Waals surface area contributed by atoms with Gasteiger partial charge in [-0.1, -0.05) is 35.9 Å². The summed E-state index contributed by atoms with van der Waals surface area (Å²) in [5.41, 5.74) is 6.28. The van der Waals surface area contributed by atoms with Crippen LogP contribution >= 0.6 is 11.6 Å². The van der Waals surface area contributed by atoms with Crippen LogP contribution in [0.5, 0.6) is 5.75 Å². The molecule has 216 valence electrons. The van der Waals surface area contributed by atoms with Gasteiger partial charge in [0.15, 0.2) is 0 Å². The number of imide groups is 1. The number of benzene rings is 3. The summed E-state index contributed by atoms with van der Waals surface area (Å²) < 4.78 is 21.7. The number of hydrogen-bond acceptors (Lipinski definition) is 5. The summed E-state index contributed by atoms with van der Waals surface area (Å²) in [4.78, 5) is 32.6. The molecular formula is C32H31ClFN5O3. The molecule has 3 aromatic carbocycles. The van der Waals surface area contributed by atoms with E-state index in [1.807, 2.05) is 35.9 Å². The minimum Gasteiger partial charge on any atom is -0.489 e. The molecule has 2 aliphatic rings. The number of hydrogen-bond donors (Lipinski definition) is 1. The molecule has 2 aliphatic heterocycles. The predicted molar refractivity (Wildman–Crippen MR) is 159 cm³/mol. The van der Waals surface area contributed by atoms with Gasteiger partial charge >= 0.3 is 6.03 Å². The molecule has 0 aliphatic carbocycles. The number of rotatable bonds is 7. The Morgan fingerprint density at radius 1 is 1.05 bits per heavy atom. The van der Waals surface area contributed by atoms with Crippen molar-refractivity contribution in [3.8, 4) is 17.1 Å². The topological polar surface area (TPSA) is 79.7 Å². The Bertz CT molecular complexity index is 1650. The highest BCUT2D eigenvalue weighted by Crippen LogP contribution is 2.32. The van der Waals surface area contributed by atoms with E-state index in [0.717, 1.165) is 43.0 Å². The van der Waals surface area contributed by atoms with Crippen LogP contribution in [-0.2, 0) is 38.0 Å². The lowest BCUT2D eigenvalue weighted by atomic mass is 9.93. The zero-order valence-electron chi connectivity index (χ0n) is 23.5. The first kappa shape index (κ1) is 27.9. The molecule has 0 atom stereocenters. The summed E-state index contributed by atoms with van der Waals surface area (Å²) in [6.07, 6.45) is 2.88. The molecular weight excluding hydrogens is 557 g/mol. The van der Waals surface area contributed by atoms with Crippen molar-refractivity contribution < 1.29 is 18.7 Å². The van der Waals surface area contributed by atoms with Crippen molar-refractivity contribution >= 4 is 29.4 Å². The molecule has 1 fully saturated rings. The van der Waals surface area contributed by atoms with Crippen molar-refractivity contribution in [2.24, 2.45) is 7.05 Å². The Kier molecular flexibility index (Phi) is 7.70. The van der Waals surface area contributed by atoms with Gasteiger partial charge < -0.3 is 9.30 Å². The van der Waals surface area contributed by atoms with E-state index in [4.69, 9.17) is 16.3 Å². The van der Waals surface area contributed by atoms with Crippen LogP contribution in [0.25, 0.3) is 11.4 Å². The molecule has 1 N–H and O–H groups in total. The van der Waals surface area contributed by atoms with Crippen molar-refractivity contribution in [1.29, 1.82) is 0 Å². The lowest BCUT2D eigenvalue weighted by Gasteiger charge is -2.30. The van der Waals surface area contributed by atoms with E-state index in [0.29, 0.717) is 28.7 Å². The second-order valence-corrected chi connectivity index (χ2v) is 11.2. The number of halogens is 2. The predicted octanol–water partition coefficient (Wildman–Crippen LogP) is 5.77. The third kappa shape index (κ3) is 5.62. The average molecular weight is 588 g/mol. The van der Waals surface area contributed by atoms with Crippen molar-refractivity contribution in [1.82, 2.24) is 19.8 Å². The van der Waals surface area contributed by atoms with Crippen molar-refractivity contribution in [3.63, 3.8) is 0 Å². The van der Waals surface area contributed by atoms with Gasteiger partial charge in [0.05, 0.1) is 11.2 Å². The van der Waals surface area contributed by atoms with Crippen LogP contribution in [0.4, 0.5) is 15.0 Å². The number of fused-ring (bicyclic) bond motifs is 1. The number of ether oxygens (including phenoxy) is 1. The van der Waals surface area contributed by atoms with Crippen LogP contribution in [0.1, 0.15) is 34.2 Å². The first-order chi connectivity index (χ1) is 20.3. The maximum atomic E-state index is 14.0. The molecule has 1 aromatic heterocycles. The third-order valence-electron chi connectivity index (χ3n) is 7.95. The van der Waals surface area contributed by atoms with Crippen LogP contribution in [-0.4, -0.2) is 39.5 Å². The summed E-state index contributed by atoms with van der Waals surface area (Å²) in [7, 11) is 1.90. The Hall–Kier alpha value is -4.21. The summed E-state index contributed by atoms with van der Waals surface area (Å²) >= 11 is 6.11. The Balaban J connectivity index is 1.11. The molecule has 0 unspecified atom stereocenters. The summed E-state index contributed by atoms with van der Waals surface area (Å²) in [6, 6.07) is 16.6. The second-order valence-electron chi connectivity index (χ2n) is 10.8. The zero-order chi connectivity index (χ0) is 29.4. The standard InChI is InChI=1S/C32H31ClFN5O3/c1-20-14-23-18-38(17-21-6-8-24(9-7-21)42-19-26-27(33)4-3-5-28(26)34)12-10-22(23)15-25(20)31-35-16-30(37(31)2)39-13-11-29(40)36-32(39)41/h3-9,14-16H,10-13,17-19H2,1-2H3,(H,36,40,41). The van der Waals surface area contributed by atoms with Crippen molar-refractivity contribution in [3.05, 3.63) is 99.5 Å². The number of nitrogens with one attached hydrogen (secondary N) is 1. The maximum absolute atomic E-state index is 14.0. The van der Waals surface area contributed by atoms with Crippen molar-refractivity contribution in [2.45, 2.75) is 39.5 Å². The fourth-order valence-electron chi connectivity index (χ4n) is 5.63. The number of carbonyl (C=O) groups excluding carboxylic acids is 2. The van der Waals surface area contributed by atoms with Crippen LogP contribution in [0.15, 0.2) is 60.8 Å². The highest BCUT2D eigenvalue weighted by Gasteiger charge is 2.28. The van der Waals surface area contributed by atoms with Crippen LogP contribution in [0.3, 0.4) is 0 Å². The third-order valence-corrected chi connectivity index (χ3v) is 8.30. The number of anilines is 1. The van der Waals surface area contributed by atoms with Crippen LogP contribution in [0, 0.1) is 12.7 Å². The number of aryl methyl sites for hydroxylation is 1. The van der Waals surface area contributed by atoms with E-state index in [2.05, 4.69) is 34.3 Å². The molecule has 3 heterocycles. The van der Waals surface area contributed by atoms with Crippen molar-refractivity contribution in [2.75, 3.05) is 18.0 Å². The smallest absolute Gasteiger partial charge is 0.329 e. The Morgan fingerprint density at radius 3 is 2.62 bits per heavy atom. The highest BCUT2D eigenvalue weighted by molar-refractivity contribution is 6.31. The van der Waals surface area contributed by atoms with E-state index in [1.165, 1.54) is 22.8 Å². The van der Waals surface area contributed by atoms with Gasteiger partial charge in [0.2, 0.25) is 5.91 Å². The molecule has 0 saturated carbocycles. The largest absolute Gasteiger partial charge is 0.489 e. The summed E-state index contributed by atoms with van der Waals surface area (Å²) in [5, 5.41) is 2.73. The number of nitrogens with zero attached hydrogens (tertiary/aromatic N) is 4. The van der Waals surface area contributed by atoms with Gasteiger partial charge in [-0.2, -0.15) is 0 Å². The zero-order valence-corrected chi connectivity index (χ0v) is 24.2. The van der Waals surface area contributed by atoms with E-state index in [9.17, 15) is 14.0 Å². The number of imidazole rings is 1. The van der Waals surface area contributed by atoms with Gasteiger partial charge in [-0.25, -0.2) is 14.2 Å². The molecule has 10 heteroatoms. The number of amides is 3. The summed E-state index contributed by atoms with van der Waals surface area (Å²) in [5.74, 6) is 1.48. The average Bonchev–Trinajstić information content (AvgIpc) is 3.33. The first-order valence-electron chi connectivity index (χ1n) is 13.9. The van der Waals surface area contributed by atoms with Crippen LogP contribution < -0.4 is 15.0 Å². The lowest BCUT2D eigenvalue weighted by molar-refractivity contribution is -0.120. The monoisotopic (exact) mass is 587 g/mol. The van der Waals surface area contributed by atoms with Gasteiger partial charge in [-0.15, -0.1) is 0 Å².